The molecule has 0 aliphatic carbocycles. The molecule has 0 atom stereocenters. The molecule has 9 heteroatoms. The van der Waals surface area contributed by atoms with Crippen LogP contribution in [-0.4, -0.2) is 23.6 Å². The van der Waals surface area contributed by atoms with E-state index in [1.54, 1.807) is 0 Å². The molecule has 0 saturated carbocycles. The van der Waals surface area contributed by atoms with Crippen LogP contribution in [0.4, 0.5) is 5.13 Å². The van der Waals surface area contributed by atoms with Gasteiger partial charge < -0.3 is 5.73 Å². The van der Waals surface area contributed by atoms with Crippen LogP contribution in [0.15, 0.2) is 16.6 Å². The van der Waals surface area contributed by atoms with Crippen LogP contribution in [0.25, 0.3) is 0 Å². The summed E-state index contributed by atoms with van der Waals surface area (Å²) in [5.74, 6) is 0.251. The number of thiazole rings is 1. The van der Waals surface area contributed by atoms with Crippen LogP contribution >= 0.6 is 11.3 Å². The number of nitrogens with one attached hydrogen (secondary N) is 2. The second-order valence-corrected chi connectivity index (χ2v) is 6.74. The maximum absolute atomic E-state index is 12.2. The zero-order valence-corrected chi connectivity index (χ0v) is 12.2. The van der Waals surface area contributed by atoms with Crippen molar-refractivity contribution < 1.29 is 8.42 Å². The number of aromatic amines is 1. The first kappa shape index (κ1) is 14.0. The van der Waals surface area contributed by atoms with E-state index >= 15 is 0 Å². The Morgan fingerprint density at radius 1 is 1.53 bits per heavy atom. The van der Waals surface area contributed by atoms with Gasteiger partial charge in [-0.3, -0.25) is 9.82 Å². The van der Waals surface area contributed by atoms with Gasteiger partial charge in [0.25, 0.3) is 10.0 Å². The highest BCUT2D eigenvalue weighted by Crippen LogP contribution is 2.24. The molecule has 0 radical (unpaired) electrons. The van der Waals surface area contributed by atoms with Crippen molar-refractivity contribution in [2.45, 2.75) is 31.3 Å². The Hall–Kier alpha value is -1.45. The third-order valence-electron chi connectivity index (χ3n) is 2.50. The molecule has 7 nitrogen and oxygen atoms in total. The highest BCUT2D eigenvalue weighted by molar-refractivity contribution is 7.92. The molecule has 2 aromatic rings. The first-order valence-electron chi connectivity index (χ1n) is 5.64. The number of anilines is 1. The molecule has 0 aliphatic rings. The second kappa shape index (κ2) is 5.27. The number of H-pyrrole nitrogens is 1. The van der Waals surface area contributed by atoms with Crippen molar-refractivity contribution in [3.05, 3.63) is 22.8 Å². The SMILES string of the molecule is CC(C)c1csc(NS(=O)(=O)c2[nH]ncc2CN)n1. The lowest BCUT2D eigenvalue weighted by Crippen LogP contribution is -2.16. The summed E-state index contributed by atoms with van der Waals surface area (Å²) in [7, 11) is -3.73. The van der Waals surface area contributed by atoms with Crippen molar-refractivity contribution in [2.75, 3.05) is 4.72 Å². The van der Waals surface area contributed by atoms with Crippen molar-refractivity contribution >= 4 is 26.5 Å². The standard InChI is InChI=1S/C10H15N5O2S2/c1-6(2)8-5-18-10(13-8)15-19(16,17)9-7(3-11)4-12-14-9/h4-6H,3,11H2,1-2H3,(H,12,14)(H,13,15). The summed E-state index contributed by atoms with van der Waals surface area (Å²) >= 11 is 1.25. The molecule has 0 fully saturated rings. The molecule has 0 aromatic carbocycles. The minimum Gasteiger partial charge on any atom is -0.326 e. The molecule has 0 bridgehead atoms. The van der Waals surface area contributed by atoms with Crippen LogP contribution < -0.4 is 10.5 Å². The van der Waals surface area contributed by atoms with Gasteiger partial charge in [-0.1, -0.05) is 13.8 Å². The molecule has 104 valence electrons. The van der Waals surface area contributed by atoms with Gasteiger partial charge in [-0.2, -0.15) is 13.5 Å². The number of rotatable bonds is 5. The van der Waals surface area contributed by atoms with E-state index in [0.717, 1.165) is 5.69 Å². The van der Waals surface area contributed by atoms with Crippen LogP contribution in [0.3, 0.4) is 0 Å². The smallest absolute Gasteiger partial charge is 0.280 e. The molecule has 0 aliphatic heterocycles. The van der Waals surface area contributed by atoms with E-state index in [9.17, 15) is 8.42 Å². The molecule has 2 rings (SSSR count). The number of hydrogen-bond donors (Lipinski definition) is 3. The van der Waals surface area contributed by atoms with Crippen LogP contribution in [0.5, 0.6) is 0 Å². The third kappa shape index (κ3) is 2.94. The van der Waals surface area contributed by atoms with Gasteiger partial charge in [0.15, 0.2) is 10.2 Å². The molecule has 2 heterocycles. The number of sulfonamides is 1. The van der Waals surface area contributed by atoms with Crippen LogP contribution in [0, 0.1) is 0 Å². The molecule has 0 unspecified atom stereocenters. The van der Waals surface area contributed by atoms with Gasteiger partial charge in [0.2, 0.25) is 0 Å². The maximum atomic E-state index is 12.2. The van der Waals surface area contributed by atoms with Gasteiger partial charge >= 0.3 is 0 Å². The Kier molecular flexibility index (Phi) is 3.88. The van der Waals surface area contributed by atoms with Gasteiger partial charge in [0, 0.05) is 17.5 Å². The predicted octanol–water partition coefficient (Wildman–Crippen LogP) is 1.25. The molecular formula is C10H15N5O2S2. The molecule has 0 amide bonds. The lowest BCUT2D eigenvalue weighted by molar-refractivity contribution is 0.595. The highest BCUT2D eigenvalue weighted by atomic mass is 32.2. The van der Waals surface area contributed by atoms with E-state index in [0.29, 0.717) is 10.7 Å². The van der Waals surface area contributed by atoms with E-state index in [-0.39, 0.29) is 17.5 Å². The van der Waals surface area contributed by atoms with Crippen LogP contribution in [-0.2, 0) is 16.6 Å². The van der Waals surface area contributed by atoms with Gasteiger partial charge in [0.1, 0.15) is 0 Å². The largest absolute Gasteiger partial charge is 0.326 e. The molecule has 4 N–H and O–H groups in total. The quantitative estimate of drug-likeness (QED) is 0.769. The first-order chi connectivity index (χ1) is 8.94. The Balaban J connectivity index is 2.26. The van der Waals surface area contributed by atoms with E-state index in [1.165, 1.54) is 17.5 Å². The fourth-order valence-corrected chi connectivity index (χ4v) is 3.71. The van der Waals surface area contributed by atoms with Crippen molar-refractivity contribution in [1.29, 1.82) is 0 Å². The second-order valence-electron chi connectivity index (χ2n) is 4.27. The normalized spacial score (nSPS) is 12.0. The molecule has 0 spiro atoms. The van der Waals surface area contributed by atoms with Gasteiger partial charge in [-0.05, 0) is 5.92 Å². The topological polar surface area (TPSA) is 114 Å². The highest BCUT2D eigenvalue weighted by Gasteiger charge is 2.21. The fraction of sp³-hybridized carbons (Fsp3) is 0.400. The van der Waals surface area contributed by atoms with E-state index in [2.05, 4.69) is 19.9 Å². The lowest BCUT2D eigenvalue weighted by Gasteiger charge is -2.04. The Morgan fingerprint density at radius 2 is 2.26 bits per heavy atom. The summed E-state index contributed by atoms with van der Waals surface area (Å²) in [6.45, 7) is 4.09. The summed E-state index contributed by atoms with van der Waals surface area (Å²) in [6.07, 6.45) is 1.40. The van der Waals surface area contributed by atoms with E-state index in [4.69, 9.17) is 5.73 Å². The Bertz CT molecular complexity index is 659. The number of hydrogen-bond acceptors (Lipinski definition) is 6. The van der Waals surface area contributed by atoms with E-state index < -0.39 is 10.0 Å². The van der Waals surface area contributed by atoms with Crippen molar-refractivity contribution in [1.82, 2.24) is 15.2 Å². The number of nitrogens with zero attached hydrogens (tertiary/aromatic N) is 2. The lowest BCUT2D eigenvalue weighted by atomic mass is 10.2. The summed E-state index contributed by atoms with van der Waals surface area (Å²) < 4.78 is 26.7. The first-order valence-corrected chi connectivity index (χ1v) is 8.01. The Morgan fingerprint density at radius 3 is 2.84 bits per heavy atom. The molecule has 0 saturated heterocycles. The zero-order valence-electron chi connectivity index (χ0n) is 10.5. The summed E-state index contributed by atoms with van der Waals surface area (Å²) in [6, 6.07) is 0. The minimum absolute atomic E-state index is 0.0173. The minimum atomic E-state index is -3.73. The Labute approximate surface area is 115 Å². The van der Waals surface area contributed by atoms with Crippen molar-refractivity contribution in [3.8, 4) is 0 Å². The fourth-order valence-electron chi connectivity index (χ4n) is 1.44. The number of aromatic nitrogens is 3. The number of nitrogens with two attached hydrogens (primary N) is 1. The molecule has 19 heavy (non-hydrogen) atoms. The maximum Gasteiger partial charge on any atom is 0.280 e. The van der Waals surface area contributed by atoms with Gasteiger partial charge in [-0.15, -0.1) is 11.3 Å². The third-order valence-corrected chi connectivity index (χ3v) is 4.76. The summed E-state index contributed by atoms with van der Waals surface area (Å²) in [5.41, 5.74) is 6.75. The monoisotopic (exact) mass is 301 g/mol. The average Bonchev–Trinajstić information content (AvgIpc) is 2.95. The molecular weight excluding hydrogens is 286 g/mol. The molecule has 2 aromatic heterocycles. The van der Waals surface area contributed by atoms with Crippen molar-refractivity contribution in [3.63, 3.8) is 0 Å². The van der Waals surface area contributed by atoms with Gasteiger partial charge in [-0.25, -0.2) is 4.98 Å². The average molecular weight is 301 g/mol. The van der Waals surface area contributed by atoms with Crippen LogP contribution in [0.2, 0.25) is 0 Å². The van der Waals surface area contributed by atoms with Gasteiger partial charge in [0.05, 0.1) is 11.9 Å². The summed E-state index contributed by atoms with van der Waals surface area (Å²) in [4.78, 5) is 4.22. The zero-order chi connectivity index (χ0) is 14.0. The predicted molar refractivity (Wildman–Crippen MR) is 73.5 cm³/mol. The van der Waals surface area contributed by atoms with Crippen LogP contribution in [0.1, 0.15) is 31.0 Å². The van der Waals surface area contributed by atoms with E-state index in [1.807, 2.05) is 19.2 Å². The van der Waals surface area contributed by atoms with Crippen molar-refractivity contribution in [2.24, 2.45) is 5.73 Å². The summed E-state index contributed by atoms with van der Waals surface area (Å²) in [5, 5.41) is 8.29.